The van der Waals surface area contributed by atoms with Crippen LogP contribution in [0.4, 0.5) is 0 Å². The Kier molecular flexibility index (Phi) is 5.37. The molecule has 0 aliphatic carbocycles. The minimum Gasteiger partial charge on any atom is -0.481 e. The van der Waals surface area contributed by atoms with Gasteiger partial charge in [0, 0.05) is 18.1 Å². The van der Waals surface area contributed by atoms with E-state index in [2.05, 4.69) is 0 Å². The fourth-order valence-corrected chi connectivity index (χ4v) is 5.45. The van der Waals surface area contributed by atoms with Gasteiger partial charge in [-0.25, -0.2) is 4.79 Å². The highest BCUT2D eigenvalue weighted by Crippen LogP contribution is 2.53. The van der Waals surface area contributed by atoms with Crippen LogP contribution >= 0.6 is 23.5 Å². The monoisotopic (exact) mass is 360 g/mol. The van der Waals surface area contributed by atoms with E-state index in [1.54, 1.807) is 0 Å². The van der Waals surface area contributed by atoms with Crippen LogP contribution in [0, 0.1) is 17.2 Å². The Labute approximate surface area is 140 Å². The number of carboxylic acid groups (broad SMARTS) is 2. The third-order valence-corrected chi connectivity index (χ3v) is 6.45. The molecule has 0 aromatic rings. The molecule has 126 valence electrons. The third-order valence-electron chi connectivity index (χ3n) is 3.66. The van der Waals surface area contributed by atoms with Crippen LogP contribution < -0.4 is 0 Å². The summed E-state index contributed by atoms with van der Waals surface area (Å²) in [6.07, 6.45) is 0.273. The van der Waals surface area contributed by atoms with Crippen LogP contribution in [0.5, 0.6) is 0 Å². The van der Waals surface area contributed by atoms with E-state index in [0.717, 1.165) is 11.8 Å². The number of rotatable bonds is 8. The zero-order valence-corrected chi connectivity index (χ0v) is 13.8. The lowest BCUT2D eigenvalue weighted by Gasteiger charge is -2.41. The van der Waals surface area contributed by atoms with Gasteiger partial charge in [0.25, 0.3) is 0 Å². The molecule has 0 bridgehead atoms. The number of carboxylic acids is 2. The molecule has 2 rings (SSSR count). The van der Waals surface area contributed by atoms with E-state index in [4.69, 9.17) is 15.6 Å². The van der Waals surface area contributed by atoms with Crippen molar-refractivity contribution < 1.29 is 29.7 Å². The first-order chi connectivity index (χ1) is 10.8. The maximum absolute atomic E-state index is 12.0. The number of nitrogens with zero attached hydrogens (tertiary/aromatic N) is 1. The first-order valence-corrected chi connectivity index (χ1v) is 8.64. The van der Waals surface area contributed by atoms with E-state index >= 15 is 0 Å². The molecule has 0 aromatic carbocycles. The number of hydrogen-bond donors (Lipinski definition) is 4. The van der Waals surface area contributed by atoms with E-state index in [0.29, 0.717) is 4.24 Å². The molecule has 0 saturated carbocycles. The molecule has 1 fully saturated rings. The molecule has 0 unspecified atom stereocenters. The number of aliphatic carboxylic acids is 2. The molecule has 2 heterocycles. The lowest BCUT2D eigenvalue weighted by Crippen LogP contribution is -2.57. The van der Waals surface area contributed by atoms with E-state index < -0.39 is 23.8 Å². The fraction of sp³-hybridized carbons (Fsp3) is 0.538. The number of nitrogens with one attached hydrogen (secondary N) is 1. The quantitative estimate of drug-likeness (QED) is 0.365. The second-order valence-electron chi connectivity index (χ2n) is 5.16. The normalized spacial score (nSPS) is 24.3. The molecule has 10 heteroatoms. The minimum atomic E-state index is -1.24. The summed E-state index contributed by atoms with van der Waals surface area (Å²) < 4.78 is 0.379. The molecule has 3 atom stereocenters. The summed E-state index contributed by atoms with van der Waals surface area (Å²) in [4.78, 5) is 35.8. The number of carbonyl (C=O) groups excluding carboxylic acids is 1. The van der Waals surface area contributed by atoms with Crippen molar-refractivity contribution in [2.75, 3.05) is 12.4 Å². The number of aliphatic hydroxyl groups is 1. The Morgan fingerprint density at radius 3 is 2.57 bits per heavy atom. The summed E-state index contributed by atoms with van der Waals surface area (Å²) in [7, 11) is 0. The summed E-state index contributed by atoms with van der Waals surface area (Å²) >= 11 is 2.25. The second kappa shape index (κ2) is 6.93. The van der Waals surface area contributed by atoms with Gasteiger partial charge in [-0.2, -0.15) is 0 Å². The van der Waals surface area contributed by atoms with E-state index in [1.165, 1.54) is 23.6 Å². The van der Waals surface area contributed by atoms with E-state index in [-0.39, 0.29) is 41.5 Å². The maximum Gasteiger partial charge on any atom is 0.354 e. The van der Waals surface area contributed by atoms with Gasteiger partial charge in [-0.3, -0.25) is 14.5 Å². The Morgan fingerprint density at radius 2 is 2.09 bits per heavy atom. The van der Waals surface area contributed by atoms with Crippen LogP contribution in [0.1, 0.15) is 13.3 Å². The van der Waals surface area contributed by atoms with Gasteiger partial charge in [-0.1, -0.05) is 11.8 Å². The van der Waals surface area contributed by atoms with Gasteiger partial charge in [0.1, 0.15) is 5.92 Å². The second-order valence-corrected chi connectivity index (χ2v) is 7.58. The Bertz CT molecular complexity index is 591. The number of fused-ring (bicyclic) bond motifs is 1. The van der Waals surface area contributed by atoms with E-state index in [9.17, 15) is 19.5 Å². The van der Waals surface area contributed by atoms with Crippen molar-refractivity contribution >= 4 is 47.1 Å². The van der Waals surface area contributed by atoms with Crippen LogP contribution in [-0.2, 0) is 14.4 Å². The molecule has 4 N–H and O–H groups in total. The average molecular weight is 360 g/mol. The van der Waals surface area contributed by atoms with Crippen molar-refractivity contribution in [3.8, 4) is 0 Å². The van der Waals surface area contributed by atoms with Crippen molar-refractivity contribution in [2.24, 2.45) is 11.8 Å². The Morgan fingerprint density at radius 1 is 1.43 bits per heavy atom. The molecule has 0 radical (unpaired) electrons. The summed E-state index contributed by atoms with van der Waals surface area (Å²) in [5.41, 5.74) is -0.140. The molecule has 23 heavy (non-hydrogen) atoms. The van der Waals surface area contributed by atoms with Crippen molar-refractivity contribution in [3.05, 3.63) is 9.93 Å². The number of hydrogen-bond acceptors (Lipinski definition) is 7. The van der Waals surface area contributed by atoms with Gasteiger partial charge in [-0.15, -0.1) is 11.8 Å². The SMILES string of the molecule is CC(=N)[C@@H](CSC1=C(C(=O)O)N2C(=O)[C@H](CCO)[C@H]2S1)C(=O)O. The topological polar surface area (TPSA) is 139 Å². The molecule has 8 nitrogen and oxygen atoms in total. The Balaban J connectivity index is 2.15. The molecule has 1 amide bonds. The summed E-state index contributed by atoms with van der Waals surface area (Å²) in [5.74, 6) is -4.09. The lowest BCUT2D eigenvalue weighted by atomic mass is 9.94. The van der Waals surface area contributed by atoms with Crippen LogP contribution in [0.3, 0.4) is 0 Å². The van der Waals surface area contributed by atoms with Gasteiger partial charge >= 0.3 is 11.9 Å². The van der Waals surface area contributed by atoms with Crippen LogP contribution in [0.15, 0.2) is 9.93 Å². The predicted octanol–water partition coefficient (Wildman–Crippen LogP) is 0.627. The first-order valence-electron chi connectivity index (χ1n) is 6.78. The Hall–Kier alpha value is -1.52. The largest absolute Gasteiger partial charge is 0.481 e. The van der Waals surface area contributed by atoms with Gasteiger partial charge in [0.15, 0.2) is 5.70 Å². The zero-order valence-electron chi connectivity index (χ0n) is 12.2. The molecule has 0 aromatic heterocycles. The van der Waals surface area contributed by atoms with Crippen molar-refractivity contribution in [1.82, 2.24) is 4.90 Å². The van der Waals surface area contributed by atoms with Crippen LogP contribution in [-0.4, -0.2) is 61.5 Å². The maximum atomic E-state index is 12.0. The summed E-state index contributed by atoms with van der Waals surface area (Å²) in [6.45, 7) is 1.24. The average Bonchev–Trinajstić information content (AvgIpc) is 2.79. The molecule has 1 saturated heterocycles. The van der Waals surface area contributed by atoms with Crippen molar-refractivity contribution in [1.29, 1.82) is 5.41 Å². The number of thioether (sulfide) groups is 2. The minimum absolute atomic E-state index is 0.0111. The van der Waals surface area contributed by atoms with Crippen LogP contribution in [0.25, 0.3) is 0 Å². The fourth-order valence-electron chi connectivity index (χ4n) is 2.40. The van der Waals surface area contributed by atoms with Gasteiger partial charge in [-0.05, 0) is 13.3 Å². The van der Waals surface area contributed by atoms with E-state index in [1.807, 2.05) is 0 Å². The predicted molar refractivity (Wildman–Crippen MR) is 85.1 cm³/mol. The zero-order chi connectivity index (χ0) is 17.3. The molecular formula is C13H16N2O6S2. The third kappa shape index (κ3) is 3.24. The highest BCUT2D eigenvalue weighted by molar-refractivity contribution is 8.22. The standard InChI is InChI=1S/C13H16N2O6S2/c1-5(14)7(11(18)19)4-22-13-8(12(20)21)15-9(17)6(2-3-16)10(15)23-13/h6-7,10,14,16H,2-4H2,1H3,(H,18,19)(H,20,21)/t6-,7+,10+/m0/s1. The summed E-state index contributed by atoms with van der Waals surface area (Å²) in [5, 5.41) is 34.5. The molecule has 0 spiro atoms. The van der Waals surface area contributed by atoms with Gasteiger partial charge in [0.2, 0.25) is 5.91 Å². The highest BCUT2D eigenvalue weighted by Gasteiger charge is 2.55. The molecule has 2 aliphatic rings. The van der Waals surface area contributed by atoms with Crippen molar-refractivity contribution in [2.45, 2.75) is 18.7 Å². The lowest BCUT2D eigenvalue weighted by molar-refractivity contribution is -0.152. The smallest absolute Gasteiger partial charge is 0.354 e. The molecule has 2 aliphatic heterocycles. The van der Waals surface area contributed by atoms with Gasteiger partial charge in [0.05, 0.1) is 15.5 Å². The van der Waals surface area contributed by atoms with Crippen LogP contribution in [0.2, 0.25) is 0 Å². The number of β-lactam (4-membered cyclic amide) rings is 1. The number of amides is 1. The summed E-state index contributed by atoms with van der Waals surface area (Å²) in [6, 6.07) is 0. The molecular weight excluding hydrogens is 344 g/mol. The highest BCUT2D eigenvalue weighted by atomic mass is 32.2. The van der Waals surface area contributed by atoms with Gasteiger partial charge < -0.3 is 20.7 Å². The first kappa shape index (κ1) is 17.8. The number of carbonyl (C=O) groups is 3. The number of aliphatic hydroxyl groups excluding tert-OH is 1. The van der Waals surface area contributed by atoms with Crippen molar-refractivity contribution in [3.63, 3.8) is 0 Å².